The van der Waals surface area contributed by atoms with E-state index in [0.29, 0.717) is 18.3 Å². The van der Waals surface area contributed by atoms with E-state index in [1.54, 1.807) is 0 Å². The van der Waals surface area contributed by atoms with Crippen molar-refractivity contribution in [1.82, 2.24) is 0 Å². The fraction of sp³-hybridized carbons (Fsp3) is 0.800. The lowest BCUT2D eigenvalue weighted by molar-refractivity contribution is -0.157. The quantitative estimate of drug-likeness (QED) is 0.382. The normalized spacial score (nSPS) is 67.5. The van der Waals surface area contributed by atoms with E-state index < -0.39 is 29.3 Å². The summed E-state index contributed by atoms with van der Waals surface area (Å²) >= 11 is 0. The van der Waals surface area contributed by atoms with Crippen LogP contribution in [-0.4, -0.2) is 23.4 Å². The number of hydrogen-bond acceptors (Lipinski definition) is 2. The minimum Gasteiger partial charge on any atom is -0.457 e. The standard InChI is InChI=1S/C15H16F2O2/c1-6-14(16)9-5-10(15(14,17)13(18)19-6)12-8-3-2-7(4-8)11(9)12/h2-3,6-12H,4-5H2,1H3. The molecule has 0 aromatic rings. The topological polar surface area (TPSA) is 26.3 Å². The summed E-state index contributed by atoms with van der Waals surface area (Å²) < 4.78 is 35.7. The highest BCUT2D eigenvalue weighted by Gasteiger charge is 2.86. The second kappa shape index (κ2) is 2.75. The predicted octanol–water partition coefficient (Wildman–Crippen LogP) is 2.44. The highest BCUT2D eigenvalue weighted by Crippen LogP contribution is 2.75. The van der Waals surface area contributed by atoms with Crippen molar-refractivity contribution < 1.29 is 18.3 Å². The van der Waals surface area contributed by atoms with E-state index >= 15 is 8.78 Å². The Morgan fingerprint density at radius 3 is 2.47 bits per heavy atom. The molecule has 3 saturated carbocycles. The van der Waals surface area contributed by atoms with Crippen molar-refractivity contribution in [2.75, 3.05) is 0 Å². The molecule has 4 bridgehead atoms. The van der Waals surface area contributed by atoms with Gasteiger partial charge < -0.3 is 4.74 Å². The molecule has 4 fully saturated rings. The molecule has 4 aliphatic carbocycles. The molecular formula is C15H16F2O2. The van der Waals surface area contributed by atoms with Gasteiger partial charge in [-0.15, -0.1) is 0 Å². The molecule has 9 atom stereocenters. The van der Waals surface area contributed by atoms with Gasteiger partial charge in [-0.05, 0) is 43.4 Å². The zero-order valence-corrected chi connectivity index (χ0v) is 10.7. The van der Waals surface area contributed by atoms with Gasteiger partial charge >= 0.3 is 5.97 Å². The molecule has 1 saturated heterocycles. The largest absolute Gasteiger partial charge is 0.457 e. The summed E-state index contributed by atoms with van der Waals surface area (Å²) in [4.78, 5) is 11.9. The Hall–Kier alpha value is -0.930. The molecule has 1 heterocycles. The van der Waals surface area contributed by atoms with Crippen LogP contribution >= 0.6 is 0 Å². The van der Waals surface area contributed by atoms with Crippen molar-refractivity contribution in [3.8, 4) is 0 Å². The van der Waals surface area contributed by atoms with Gasteiger partial charge in [-0.1, -0.05) is 12.2 Å². The van der Waals surface area contributed by atoms with Crippen molar-refractivity contribution >= 4 is 5.97 Å². The molecule has 4 heteroatoms. The van der Waals surface area contributed by atoms with Crippen molar-refractivity contribution in [2.24, 2.45) is 35.5 Å². The Labute approximate surface area is 110 Å². The van der Waals surface area contributed by atoms with Crippen LogP contribution in [0.4, 0.5) is 8.78 Å². The SMILES string of the molecule is CC1OC(=O)C2(F)C3CC(C4C5C=CC(C5)C43)C12F. The van der Waals surface area contributed by atoms with E-state index in [4.69, 9.17) is 4.74 Å². The van der Waals surface area contributed by atoms with E-state index in [0.717, 1.165) is 6.42 Å². The van der Waals surface area contributed by atoms with Gasteiger partial charge in [0.2, 0.25) is 5.67 Å². The number of allylic oxidation sites excluding steroid dienone is 2. The van der Waals surface area contributed by atoms with E-state index in [9.17, 15) is 4.79 Å². The van der Waals surface area contributed by atoms with Gasteiger partial charge in [0.1, 0.15) is 6.10 Å². The van der Waals surface area contributed by atoms with Crippen LogP contribution in [0.5, 0.6) is 0 Å². The van der Waals surface area contributed by atoms with Gasteiger partial charge in [-0.2, -0.15) is 0 Å². The van der Waals surface area contributed by atoms with Gasteiger partial charge in [-0.25, -0.2) is 13.6 Å². The molecule has 102 valence electrons. The molecule has 0 amide bonds. The first-order valence-corrected chi connectivity index (χ1v) is 7.26. The fourth-order valence-corrected chi connectivity index (χ4v) is 6.29. The number of esters is 1. The Morgan fingerprint density at radius 1 is 1.16 bits per heavy atom. The Kier molecular flexibility index (Phi) is 1.56. The van der Waals surface area contributed by atoms with Crippen LogP contribution in [0.3, 0.4) is 0 Å². The van der Waals surface area contributed by atoms with Gasteiger partial charge in [0.05, 0.1) is 0 Å². The minimum absolute atomic E-state index is 0.159. The third kappa shape index (κ3) is 0.813. The Balaban J connectivity index is 1.71. The lowest BCUT2D eigenvalue weighted by Crippen LogP contribution is -2.60. The zero-order chi connectivity index (χ0) is 13.2. The molecule has 9 unspecified atom stereocenters. The summed E-state index contributed by atoms with van der Waals surface area (Å²) in [5.41, 5.74) is -4.47. The van der Waals surface area contributed by atoms with Gasteiger partial charge in [0.25, 0.3) is 0 Å². The van der Waals surface area contributed by atoms with Crippen molar-refractivity contribution in [3.63, 3.8) is 0 Å². The summed E-state index contributed by atoms with van der Waals surface area (Å²) in [6, 6.07) is 0. The average Bonchev–Trinajstić information content (AvgIpc) is 3.10. The maximum absolute atomic E-state index is 15.4. The lowest BCUT2D eigenvalue weighted by atomic mass is 9.61. The van der Waals surface area contributed by atoms with E-state index in [-0.39, 0.29) is 17.8 Å². The van der Waals surface area contributed by atoms with E-state index in [2.05, 4.69) is 12.2 Å². The lowest BCUT2D eigenvalue weighted by Gasteiger charge is -2.44. The van der Waals surface area contributed by atoms with Crippen molar-refractivity contribution in [1.29, 1.82) is 0 Å². The fourth-order valence-electron chi connectivity index (χ4n) is 6.29. The number of carbonyl (C=O) groups is 1. The van der Waals surface area contributed by atoms with Crippen LogP contribution in [0.25, 0.3) is 0 Å². The van der Waals surface area contributed by atoms with E-state index in [1.807, 2.05) is 0 Å². The van der Waals surface area contributed by atoms with Crippen LogP contribution in [0, 0.1) is 35.5 Å². The van der Waals surface area contributed by atoms with Gasteiger partial charge in [0, 0.05) is 11.8 Å². The highest BCUT2D eigenvalue weighted by molar-refractivity contribution is 5.86. The molecule has 0 spiro atoms. The molecule has 1 aliphatic heterocycles. The molecule has 5 rings (SSSR count). The number of cyclic esters (lactones) is 1. The number of rotatable bonds is 0. The summed E-state index contributed by atoms with van der Waals surface area (Å²) in [5, 5.41) is 0. The molecular weight excluding hydrogens is 250 g/mol. The Bertz CT molecular complexity index is 532. The molecule has 19 heavy (non-hydrogen) atoms. The minimum atomic E-state index is -2.38. The van der Waals surface area contributed by atoms with E-state index in [1.165, 1.54) is 6.92 Å². The van der Waals surface area contributed by atoms with Gasteiger partial charge in [0.15, 0.2) is 5.67 Å². The van der Waals surface area contributed by atoms with Crippen LogP contribution < -0.4 is 0 Å². The maximum Gasteiger partial charge on any atom is 0.348 e. The first kappa shape index (κ1) is 10.8. The van der Waals surface area contributed by atoms with Crippen LogP contribution in [0.2, 0.25) is 0 Å². The molecule has 2 nitrogen and oxygen atoms in total. The van der Waals surface area contributed by atoms with Crippen LogP contribution in [0.1, 0.15) is 19.8 Å². The number of hydrogen-bond donors (Lipinski definition) is 0. The predicted molar refractivity (Wildman–Crippen MR) is 62.5 cm³/mol. The number of carbonyl (C=O) groups excluding carboxylic acids is 1. The summed E-state index contributed by atoms with van der Waals surface area (Å²) in [7, 11) is 0. The smallest absolute Gasteiger partial charge is 0.348 e. The monoisotopic (exact) mass is 266 g/mol. The number of alkyl halides is 2. The first-order chi connectivity index (χ1) is 8.99. The number of ether oxygens (including phenoxy) is 1. The summed E-state index contributed by atoms with van der Waals surface area (Å²) in [5.74, 6) is -0.618. The highest BCUT2D eigenvalue weighted by atomic mass is 19.2. The third-order valence-corrected chi connectivity index (χ3v) is 6.80. The molecule has 0 aromatic heterocycles. The first-order valence-electron chi connectivity index (χ1n) is 7.26. The number of halogens is 2. The zero-order valence-electron chi connectivity index (χ0n) is 10.7. The molecule has 5 aliphatic rings. The molecule has 0 aromatic carbocycles. The third-order valence-electron chi connectivity index (χ3n) is 6.80. The number of fused-ring (bicyclic) bond motifs is 12. The van der Waals surface area contributed by atoms with Crippen LogP contribution in [0.15, 0.2) is 12.2 Å². The van der Waals surface area contributed by atoms with Crippen molar-refractivity contribution in [2.45, 2.75) is 37.2 Å². The second-order valence-electron chi connectivity index (χ2n) is 7.08. The molecule has 0 radical (unpaired) electrons. The average molecular weight is 266 g/mol. The maximum atomic E-state index is 15.4. The Morgan fingerprint density at radius 2 is 1.79 bits per heavy atom. The van der Waals surface area contributed by atoms with Crippen LogP contribution in [-0.2, 0) is 9.53 Å². The molecule has 0 N–H and O–H groups in total. The summed E-state index contributed by atoms with van der Waals surface area (Å²) in [6.07, 6.45) is 4.94. The summed E-state index contributed by atoms with van der Waals surface area (Å²) in [6.45, 7) is 1.51. The van der Waals surface area contributed by atoms with Gasteiger partial charge in [-0.3, -0.25) is 0 Å². The second-order valence-corrected chi connectivity index (χ2v) is 7.08. The van der Waals surface area contributed by atoms with Crippen molar-refractivity contribution in [3.05, 3.63) is 12.2 Å².